The minimum atomic E-state index is -0.443. The van der Waals surface area contributed by atoms with Crippen molar-refractivity contribution in [3.8, 4) is 0 Å². The van der Waals surface area contributed by atoms with Crippen molar-refractivity contribution in [2.45, 2.75) is 57.8 Å². The van der Waals surface area contributed by atoms with Crippen molar-refractivity contribution in [1.82, 2.24) is 4.90 Å². The van der Waals surface area contributed by atoms with Crippen molar-refractivity contribution < 1.29 is 19.0 Å². The molecule has 0 radical (unpaired) electrons. The van der Waals surface area contributed by atoms with Gasteiger partial charge in [0.05, 0.1) is 25.9 Å². The van der Waals surface area contributed by atoms with Crippen LogP contribution < -0.4 is 0 Å². The summed E-state index contributed by atoms with van der Waals surface area (Å²) in [5.41, 5.74) is -0.443. The molecule has 2 atom stereocenters. The Hall–Kier alpha value is -0.810. The highest BCUT2D eigenvalue weighted by Gasteiger charge is 2.31. The highest BCUT2D eigenvalue weighted by Crippen LogP contribution is 2.21. The number of amides is 1. The first-order chi connectivity index (χ1) is 8.96. The van der Waals surface area contributed by atoms with Crippen LogP contribution in [0.2, 0.25) is 0 Å². The maximum Gasteiger partial charge on any atom is 0.410 e. The van der Waals surface area contributed by atoms with Crippen LogP contribution in [0.25, 0.3) is 0 Å². The van der Waals surface area contributed by atoms with Crippen molar-refractivity contribution >= 4 is 6.09 Å². The van der Waals surface area contributed by atoms with E-state index in [1.54, 1.807) is 0 Å². The SMILES string of the molecule is CC(C)(C)OC(=O)N1CCCC[C@H]1COC[C@H]1CO1. The van der Waals surface area contributed by atoms with Crippen molar-refractivity contribution in [3.63, 3.8) is 0 Å². The number of epoxide rings is 1. The number of nitrogens with zero attached hydrogens (tertiary/aromatic N) is 1. The average Bonchev–Trinajstić information content (AvgIpc) is 3.11. The third-order valence-electron chi connectivity index (χ3n) is 3.27. The van der Waals surface area contributed by atoms with Crippen molar-refractivity contribution in [3.05, 3.63) is 0 Å². The van der Waals surface area contributed by atoms with E-state index in [0.29, 0.717) is 13.2 Å². The van der Waals surface area contributed by atoms with Crippen LogP contribution in [0.15, 0.2) is 0 Å². The van der Waals surface area contributed by atoms with Gasteiger partial charge in [0.25, 0.3) is 0 Å². The summed E-state index contributed by atoms with van der Waals surface area (Å²) >= 11 is 0. The summed E-state index contributed by atoms with van der Waals surface area (Å²) < 4.78 is 16.2. The fraction of sp³-hybridized carbons (Fsp3) is 0.929. The second kappa shape index (κ2) is 6.09. The molecule has 0 aromatic carbocycles. The van der Waals surface area contributed by atoms with E-state index in [1.807, 2.05) is 25.7 Å². The van der Waals surface area contributed by atoms with E-state index in [-0.39, 0.29) is 18.2 Å². The number of ether oxygens (including phenoxy) is 3. The molecule has 5 nitrogen and oxygen atoms in total. The standard InChI is InChI=1S/C14H25NO4/c1-14(2,3)19-13(16)15-7-5-4-6-11(15)8-17-9-12-10-18-12/h11-12H,4-10H2,1-3H3/t11-,12-/m0/s1. The van der Waals surface area contributed by atoms with Gasteiger partial charge in [-0.1, -0.05) is 0 Å². The highest BCUT2D eigenvalue weighted by molar-refractivity contribution is 5.68. The maximum atomic E-state index is 12.2. The lowest BCUT2D eigenvalue weighted by Crippen LogP contribution is -2.48. The zero-order valence-corrected chi connectivity index (χ0v) is 12.2. The van der Waals surface area contributed by atoms with E-state index >= 15 is 0 Å². The largest absolute Gasteiger partial charge is 0.444 e. The van der Waals surface area contributed by atoms with Crippen LogP contribution in [0.3, 0.4) is 0 Å². The van der Waals surface area contributed by atoms with Crippen LogP contribution in [-0.4, -0.2) is 55.1 Å². The second-order valence-electron chi connectivity index (χ2n) is 6.32. The lowest BCUT2D eigenvalue weighted by atomic mass is 10.0. The third-order valence-corrected chi connectivity index (χ3v) is 3.27. The molecule has 0 aromatic heterocycles. The molecule has 0 N–H and O–H groups in total. The van der Waals surface area contributed by atoms with E-state index in [9.17, 15) is 4.79 Å². The molecule has 0 unspecified atom stereocenters. The molecule has 2 heterocycles. The Kier molecular flexibility index (Phi) is 4.68. The molecule has 0 spiro atoms. The summed E-state index contributed by atoms with van der Waals surface area (Å²) in [6.07, 6.45) is 3.24. The Morgan fingerprint density at radius 3 is 2.68 bits per heavy atom. The lowest BCUT2D eigenvalue weighted by molar-refractivity contribution is -0.00905. The molecule has 2 aliphatic rings. The quantitative estimate of drug-likeness (QED) is 0.735. The molecule has 5 heteroatoms. The summed E-state index contributed by atoms with van der Waals surface area (Å²) in [6, 6.07) is 0.141. The molecule has 2 aliphatic heterocycles. The summed E-state index contributed by atoms with van der Waals surface area (Å²) in [7, 11) is 0. The smallest absolute Gasteiger partial charge is 0.410 e. The first-order valence-electron chi connectivity index (χ1n) is 7.15. The molecule has 19 heavy (non-hydrogen) atoms. The monoisotopic (exact) mass is 271 g/mol. The highest BCUT2D eigenvalue weighted by atomic mass is 16.6. The number of rotatable bonds is 4. The van der Waals surface area contributed by atoms with Crippen LogP contribution in [-0.2, 0) is 14.2 Å². The van der Waals surface area contributed by atoms with Gasteiger partial charge in [0, 0.05) is 6.54 Å². The zero-order valence-electron chi connectivity index (χ0n) is 12.2. The Labute approximate surface area is 115 Å². The second-order valence-corrected chi connectivity index (χ2v) is 6.32. The van der Waals surface area contributed by atoms with Crippen LogP contribution in [0.4, 0.5) is 4.79 Å². The Morgan fingerprint density at radius 2 is 2.05 bits per heavy atom. The molecule has 1 amide bonds. The summed E-state index contributed by atoms with van der Waals surface area (Å²) in [4.78, 5) is 14.0. The van der Waals surface area contributed by atoms with Gasteiger partial charge >= 0.3 is 6.09 Å². The van der Waals surface area contributed by atoms with E-state index in [0.717, 1.165) is 32.4 Å². The summed E-state index contributed by atoms with van der Waals surface area (Å²) in [6.45, 7) is 8.47. The molecular formula is C14H25NO4. The van der Waals surface area contributed by atoms with Crippen LogP contribution >= 0.6 is 0 Å². The number of piperidine rings is 1. The number of hydrogen-bond donors (Lipinski definition) is 0. The molecule has 2 fully saturated rings. The number of carbonyl (C=O) groups excluding carboxylic acids is 1. The van der Waals surface area contributed by atoms with E-state index < -0.39 is 5.60 Å². The molecule has 2 rings (SSSR count). The van der Waals surface area contributed by atoms with Gasteiger partial charge in [0.2, 0.25) is 0 Å². The molecule has 0 bridgehead atoms. The van der Waals surface area contributed by atoms with Crippen molar-refractivity contribution in [2.75, 3.05) is 26.4 Å². The minimum Gasteiger partial charge on any atom is -0.444 e. The lowest BCUT2D eigenvalue weighted by Gasteiger charge is -2.36. The predicted molar refractivity (Wildman–Crippen MR) is 71.1 cm³/mol. The molecule has 0 saturated carbocycles. The van der Waals surface area contributed by atoms with Gasteiger partial charge in [0.1, 0.15) is 11.7 Å². The topological polar surface area (TPSA) is 51.3 Å². The number of likely N-dealkylation sites (tertiary alicyclic amines) is 1. The molecule has 110 valence electrons. The Morgan fingerprint density at radius 1 is 1.32 bits per heavy atom. The van der Waals surface area contributed by atoms with Gasteiger partial charge in [0.15, 0.2) is 0 Å². The maximum absolute atomic E-state index is 12.2. The number of carbonyl (C=O) groups is 1. The minimum absolute atomic E-state index is 0.141. The van der Waals surface area contributed by atoms with Crippen molar-refractivity contribution in [2.24, 2.45) is 0 Å². The van der Waals surface area contributed by atoms with Crippen LogP contribution in [0.5, 0.6) is 0 Å². The third kappa shape index (κ3) is 4.99. The van der Waals surface area contributed by atoms with Gasteiger partial charge in [-0.05, 0) is 40.0 Å². The predicted octanol–water partition coefficient (Wildman–Crippen LogP) is 2.19. The Bertz CT molecular complexity index is 309. The van der Waals surface area contributed by atoms with E-state index in [2.05, 4.69) is 0 Å². The van der Waals surface area contributed by atoms with Gasteiger partial charge in [-0.15, -0.1) is 0 Å². The average molecular weight is 271 g/mol. The van der Waals surface area contributed by atoms with Gasteiger partial charge < -0.3 is 19.1 Å². The summed E-state index contributed by atoms with van der Waals surface area (Å²) in [5.74, 6) is 0. The normalized spacial score (nSPS) is 27.2. The van der Waals surface area contributed by atoms with Gasteiger partial charge in [-0.2, -0.15) is 0 Å². The van der Waals surface area contributed by atoms with Gasteiger partial charge in [-0.3, -0.25) is 0 Å². The molecule has 0 aliphatic carbocycles. The van der Waals surface area contributed by atoms with E-state index in [4.69, 9.17) is 14.2 Å². The first-order valence-corrected chi connectivity index (χ1v) is 7.15. The van der Waals surface area contributed by atoms with Crippen LogP contribution in [0, 0.1) is 0 Å². The molecule has 0 aromatic rings. The van der Waals surface area contributed by atoms with Crippen molar-refractivity contribution in [1.29, 1.82) is 0 Å². The molecular weight excluding hydrogens is 246 g/mol. The first kappa shape index (κ1) is 14.6. The zero-order chi connectivity index (χ0) is 13.9. The van der Waals surface area contributed by atoms with E-state index in [1.165, 1.54) is 0 Å². The molecule has 2 saturated heterocycles. The fourth-order valence-electron chi connectivity index (χ4n) is 2.23. The number of hydrogen-bond acceptors (Lipinski definition) is 4. The van der Waals surface area contributed by atoms with Crippen LogP contribution in [0.1, 0.15) is 40.0 Å². The Balaban J connectivity index is 1.81. The fourth-order valence-corrected chi connectivity index (χ4v) is 2.23. The van der Waals surface area contributed by atoms with Gasteiger partial charge in [-0.25, -0.2) is 4.79 Å². The summed E-state index contributed by atoms with van der Waals surface area (Å²) in [5, 5.41) is 0.